The molecule has 3 aromatic carbocycles. The second-order valence-electron chi connectivity index (χ2n) is 6.50. The molecule has 1 N–H and O–H groups in total. The van der Waals surface area contributed by atoms with Gasteiger partial charge in [0.25, 0.3) is 0 Å². The van der Waals surface area contributed by atoms with Gasteiger partial charge in [-0.2, -0.15) is 0 Å². The van der Waals surface area contributed by atoms with Crippen molar-refractivity contribution in [3.05, 3.63) is 90.0 Å². The number of hydrogen-bond acceptors (Lipinski definition) is 5. The molecule has 0 aliphatic rings. The topological polar surface area (TPSA) is 64.1 Å². The third-order valence-corrected chi connectivity index (χ3v) is 4.41. The smallest absolute Gasteiger partial charge is 0.315 e. The third kappa shape index (κ3) is 4.26. The largest absolute Gasteiger partial charge is 0.426 e. The van der Waals surface area contributed by atoms with Crippen molar-refractivity contribution in [2.75, 3.05) is 5.32 Å². The third-order valence-electron chi connectivity index (χ3n) is 4.41. The number of para-hydroxylation sites is 1. The first kappa shape index (κ1) is 19.1. The van der Waals surface area contributed by atoms with Crippen LogP contribution in [0.2, 0.25) is 0 Å². The minimum absolute atomic E-state index is 0.193. The van der Waals surface area contributed by atoms with Gasteiger partial charge in [-0.15, -0.1) is 6.42 Å². The lowest BCUT2D eigenvalue weighted by Gasteiger charge is -2.11. The SMILES string of the molecule is C#Cc1cccc(Nc2ncnc3cc(F)c(CC(=O)Oc4ccccc4)cc23)c1. The van der Waals surface area contributed by atoms with Crippen LogP contribution < -0.4 is 10.1 Å². The van der Waals surface area contributed by atoms with E-state index in [9.17, 15) is 9.18 Å². The minimum atomic E-state index is -0.562. The number of terminal acetylenes is 1. The number of esters is 1. The molecule has 0 saturated heterocycles. The maximum Gasteiger partial charge on any atom is 0.315 e. The molecule has 0 bridgehead atoms. The quantitative estimate of drug-likeness (QED) is 0.302. The summed E-state index contributed by atoms with van der Waals surface area (Å²) >= 11 is 0. The van der Waals surface area contributed by atoms with E-state index in [1.807, 2.05) is 24.3 Å². The molecule has 4 rings (SSSR count). The summed E-state index contributed by atoms with van der Waals surface area (Å²) in [5.41, 5.74) is 2.06. The van der Waals surface area contributed by atoms with Crippen LogP contribution in [0.1, 0.15) is 11.1 Å². The van der Waals surface area contributed by atoms with Crippen LogP contribution in [0.3, 0.4) is 0 Å². The van der Waals surface area contributed by atoms with Crippen LogP contribution in [0.5, 0.6) is 5.75 Å². The standard InChI is InChI=1S/C24H16FN3O2/c1-2-16-7-6-8-18(11-16)28-24-20-12-17(21(25)14-22(20)26-15-27-24)13-23(29)30-19-9-4-3-5-10-19/h1,3-12,14-15H,13H2,(H,26,27,28). The molecule has 0 unspecified atom stereocenters. The van der Waals surface area contributed by atoms with Gasteiger partial charge in [0.1, 0.15) is 23.7 Å². The van der Waals surface area contributed by atoms with Crippen molar-refractivity contribution in [1.29, 1.82) is 0 Å². The molecule has 0 atom stereocenters. The van der Waals surface area contributed by atoms with Crippen LogP contribution in [0.15, 0.2) is 73.1 Å². The maximum absolute atomic E-state index is 14.6. The van der Waals surface area contributed by atoms with Crippen molar-refractivity contribution in [1.82, 2.24) is 9.97 Å². The second-order valence-corrected chi connectivity index (χ2v) is 6.50. The van der Waals surface area contributed by atoms with Gasteiger partial charge in [0.15, 0.2) is 0 Å². The number of aromatic nitrogens is 2. The van der Waals surface area contributed by atoms with Crippen molar-refractivity contribution in [3.63, 3.8) is 0 Å². The zero-order valence-electron chi connectivity index (χ0n) is 15.8. The number of carbonyl (C=O) groups is 1. The predicted molar refractivity (Wildman–Crippen MR) is 113 cm³/mol. The number of fused-ring (bicyclic) bond motifs is 1. The van der Waals surface area contributed by atoms with E-state index in [1.165, 1.54) is 12.4 Å². The van der Waals surface area contributed by atoms with Crippen LogP contribution in [0.25, 0.3) is 10.9 Å². The molecule has 0 aliphatic carbocycles. The molecule has 6 heteroatoms. The average molecular weight is 397 g/mol. The molecule has 30 heavy (non-hydrogen) atoms. The molecule has 1 heterocycles. The summed E-state index contributed by atoms with van der Waals surface area (Å²) in [5, 5.41) is 3.75. The summed E-state index contributed by atoms with van der Waals surface area (Å²) in [6.07, 6.45) is 6.57. The molecule has 5 nitrogen and oxygen atoms in total. The molecular weight excluding hydrogens is 381 g/mol. The number of nitrogens with zero attached hydrogens (tertiary/aromatic N) is 2. The number of ether oxygens (including phenoxy) is 1. The first-order valence-corrected chi connectivity index (χ1v) is 9.15. The van der Waals surface area contributed by atoms with Gasteiger partial charge in [-0.05, 0) is 42.0 Å². The Morgan fingerprint density at radius 1 is 1.07 bits per heavy atom. The first-order chi connectivity index (χ1) is 14.6. The van der Waals surface area contributed by atoms with Crippen LogP contribution in [-0.4, -0.2) is 15.9 Å². The van der Waals surface area contributed by atoms with Crippen molar-refractivity contribution in [2.24, 2.45) is 0 Å². The maximum atomic E-state index is 14.6. The fourth-order valence-electron chi connectivity index (χ4n) is 2.99. The van der Waals surface area contributed by atoms with Crippen molar-refractivity contribution < 1.29 is 13.9 Å². The van der Waals surface area contributed by atoms with Gasteiger partial charge in [0.2, 0.25) is 0 Å². The molecule has 0 radical (unpaired) electrons. The van der Waals surface area contributed by atoms with E-state index in [0.29, 0.717) is 28.0 Å². The highest BCUT2D eigenvalue weighted by Crippen LogP contribution is 2.26. The Morgan fingerprint density at radius 2 is 1.90 bits per heavy atom. The highest BCUT2D eigenvalue weighted by Gasteiger charge is 2.14. The number of nitrogens with one attached hydrogen (secondary N) is 1. The summed E-state index contributed by atoms with van der Waals surface area (Å²) in [6, 6.07) is 18.8. The fraction of sp³-hybridized carbons (Fsp3) is 0.0417. The van der Waals surface area contributed by atoms with Crippen LogP contribution >= 0.6 is 0 Å². The lowest BCUT2D eigenvalue weighted by Crippen LogP contribution is -2.12. The Balaban J connectivity index is 1.63. The van der Waals surface area contributed by atoms with E-state index >= 15 is 0 Å². The molecule has 0 spiro atoms. The number of benzene rings is 3. The number of rotatable bonds is 5. The Labute approximate surface area is 172 Å². The molecular formula is C24H16FN3O2. The van der Waals surface area contributed by atoms with Crippen LogP contribution in [-0.2, 0) is 11.2 Å². The summed E-state index contributed by atoms with van der Waals surface area (Å²) < 4.78 is 19.8. The summed E-state index contributed by atoms with van der Waals surface area (Å²) in [6.45, 7) is 0. The summed E-state index contributed by atoms with van der Waals surface area (Å²) in [4.78, 5) is 20.7. The van der Waals surface area contributed by atoms with Gasteiger partial charge >= 0.3 is 5.97 Å². The fourth-order valence-corrected chi connectivity index (χ4v) is 2.99. The van der Waals surface area contributed by atoms with E-state index in [2.05, 4.69) is 21.2 Å². The molecule has 1 aromatic heterocycles. The van der Waals surface area contributed by atoms with Gasteiger partial charge in [0, 0.05) is 22.7 Å². The molecule has 146 valence electrons. The lowest BCUT2D eigenvalue weighted by molar-refractivity contribution is -0.133. The molecule has 0 aliphatic heterocycles. The van der Waals surface area contributed by atoms with Crippen molar-refractivity contribution in [2.45, 2.75) is 6.42 Å². The van der Waals surface area contributed by atoms with Gasteiger partial charge in [-0.25, -0.2) is 14.4 Å². The van der Waals surface area contributed by atoms with Crippen LogP contribution in [0, 0.1) is 18.2 Å². The summed E-state index contributed by atoms with van der Waals surface area (Å²) in [7, 11) is 0. The molecule has 0 saturated carbocycles. The summed E-state index contributed by atoms with van der Waals surface area (Å²) in [5.74, 6) is 2.36. The van der Waals surface area contributed by atoms with Crippen molar-refractivity contribution in [3.8, 4) is 18.1 Å². The van der Waals surface area contributed by atoms with E-state index < -0.39 is 11.8 Å². The highest BCUT2D eigenvalue weighted by atomic mass is 19.1. The lowest BCUT2D eigenvalue weighted by atomic mass is 10.1. The Kier molecular flexibility index (Phi) is 5.35. The number of halogens is 1. The van der Waals surface area contributed by atoms with Gasteiger partial charge in [-0.1, -0.05) is 30.2 Å². The predicted octanol–water partition coefficient (Wildman–Crippen LogP) is 4.64. The highest BCUT2D eigenvalue weighted by molar-refractivity contribution is 5.92. The zero-order chi connectivity index (χ0) is 20.9. The normalized spacial score (nSPS) is 10.4. The Bertz CT molecular complexity index is 1270. The van der Waals surface area contributed by atoms with Gasteiger partial charge in [0.05, 0.1) is 11.9 Å². The van der Waals surface area contributed by atoms with E-state index in [-0.39, 0.29) is 12.0 Å². The molecule has 0 amide bonds. The molecule has 0 fully saturated rings. The zero-order valence-corrected chi connectivity index (χ0v) is 15.8. The Morgan fingerprint density at radius 3 is 2.70 bits per heavy atom. The van der Waals surface area contributed by atoms with Gasteiger partial charge in [-0.3, -0.25) is 4.79 Å². The van der Waals surface area contributed by atoms with E-state index in [4.69, 9.17) is 11.2 Å². The number of hydrogen-bond donors (Lipinski definition) is 1. The average Bonchev–Trinajstić information content (AvgIpc) is 2.75. The Hall–Kier alpha value is -4.24. The minimum Gasteiger partial charge on any atom is -0.426 e. The van der Waals surface area contributed by atoms with E-state index in [0.717, 1.165) is 5.69 Å². The van der Waals surface area contributed by atoms with Crippen molar-refractivity contribution >= 4 is 28.4 Å². The second kappa shape index (κ2) is 8.41. The monoisotopic (exact) mass is 397 g/mol. The van der Waals surface area contributed by atoms with E-state index in [1.54, 1.807) is 36.4 Å². The molecule has 4 aromatic rings. The van der Waals surface area contributed by atoms with Crippen LogP contribution in [0.4, 0.5) is 15.9 Å². The number of carbonyl (C=O) groups excluding carboxylic acids is 1. The first-order valence-electron chi connectivity index (χ1n) is 9.15. The number of anilines is 2. The van der Waals surface area contributed by atoms with Gasteiger partial charge < -0.3 is 10.1 Å².